The van der Waals surface area contributed by atoms with E-state index in [0.717, 1.165) is 0 Å². The van der Waals surface area contributed by atoms with Crippen molar-refractivity contribution in [2.24, 2.45) is 5.41 Å². The van der Waals surface area contributed by atoms with Crippen molar-refractivity contribution in [1.29, 1.82) is 0 Å². The quantitative estimate of drug-likeness (QED) is 0.641. The van der Waals surface area contributed by atoms with Crippen LogP contribution in [-0.2, 0) is 0 Å². The Morgan fingerprint density at radius 1 is 1.31 bits per heavy atom. The third kappa shape index (κ3) is 2.68. The smallest absolute Gasteiger partial charge is 0.00478 e. The first-order valence-electron chi connectivity index (χ1n) is 5.49. The maximum atomic E-state index is 2.43. The van der Waals surface area contributed by atoms with Gasteiger partial charge in [-0.25, -0.2) is 0 Å². The normalized spacial score (nSPS) is 21.9. The highest BCUT2D eigenvalue weighted by atomic mass is 15.2. The van der Waals surface area contributed by atoms with Crippen molar-refractivity contribution in [2.75, 3.05) is 40.3 Å². The van der Waals surface area contributed by atoms with Crippen LogP contribution < -0.4 is 0 Å². The zero-order valence-electron chi connectivity index (χ0n) is 9.64. The Morgan fingerprint density at radius 3 is 2.31 bits per heavy atom. The first-order chi connectivity index (χ1) is 6.12. The molecular formula is C11H24N2. The van der Waals surface area contributed by atoms with Crippen molar-refractivity contribution >= 4 is 0 Å². The maximum absolute atomic E-state index is 2.43. The Kier molecular flexibility index (Phi) is 3.74. The monoisotopic (exact) mass is 184 g/mol. The van der Waals surface area contributed by atoms with Gasteiger partial charge in [0.15, 0.2) is 0 Å². The SMILES string of the molecule is CCN(C)CCC1(CC)CN(C)C1. The zero-order valence-corrected chi connectivity index (χ0v) is 9.64. The molecule has 1 aliphatic rings. The van der Waals surface area contributed by atoms with E-state index >= 15 is 0 Å². The Morgan fingerprint density at radius 2 is 1.92 bits per heavy atom. The van der Waals surface area contributed by atoms with Gasteiger partial charge in [0.05, 0.1) is 0 Å². The summed E-state index contributed by atoms with van der Waals surface area (Å²) in [5, 5.41) is 0. The fraction of sp³-hybridized carbons (Fsp3) is 1.00. The molecule has 0 aromatic rings. The van der Waals surface area contributed by atoms with E-state index in [4.69, 9.17) is 0 Å². The van der Waals surface area contributed by atoms with Gasteiger partial charge in [-0.2, -0.15) is 0 Å². The molecule has 2 heteroatoms. The van der Waals surface area contributed by atoms with Gasteiger partial charge in [0, 0.05) is 13.1 Å². The molecule has 0 amide bonds. The molecular weight excluding hydrogens is 160 g/mol. The van der Waals surface area contributed by atoms with E-state index in [0.29, 0.717) is 5.41 Å². The van der Waals surface area contributed by atoms with Crippen molar-refractivity contribution in [3.8, 4) is 0 Å². The van der Waals surface area contributed by atoms with Crippen molar-refractivity contribution in [1.82, 2.24) is 9.80 Å². The molecule has 0 N–H and O–H groups in total. The lowest BCUT2D eigenvalue weighted by atomic mass is 9.75. The topological polar surface area (TPSA) is 6.48 Å². The molecule has 0 spiro atoms. The van der Waals surface area contributed by atoms with Crippen molar-refractivity contribution < 1.29 is 0 Å². The minimum Gasteiger partial charge on any atom is -0.307 e. The van der Waals surface area contributed by atoms with Crippen molar-refractivity contribution in [2.45, 2.75) is 26.7 Å². The summed E-state index contributed by atoms with van der Waals surface area (Å²) in [5.74, 6) is 0. The lowest BCUT2D eigenvalue weighted by Crippen LogP contribution is -2.54. The van der Waals surface area contributed by atoms with Gasteiger partial charge in [0.2, 0.25) is 0 Å². The summed E-state index contributed by atoms with van der Waals surface area (Å²) in [6.45, 7) is 9.61. The molecule has 0 aliphatic carbocycles. The van der Waals surface area contributed by atoms with Crippen LogP contribution in [0.3, 0.4) is 0 Å². The molecule has 1 fully saturated rings. The maximum Gasteiger partial charge on any atom is 0.00478 e. The fourth-order valence-electron chi connectivity index (χ4n) is 2.24. The van der Waals surface area contributed by atoms with Crippen LogP contribution in [0.15, 0.2) is 0 Å². The van der Waals surface area contributed by atoms with E-state index in [1.807, 2.05) is 0 Å². The summed E-state index contributed by atoms with van der Waals surface area (Å²) in [6, 6.07) is 0. The molecule has 0 unspecified atom stereocenters. The van der Waals surface area contributed by atoms with Crippen LogP contribution in [0, 0.1) is 5.41 Å². The van der Waals surface area contributed by atoms with Crippen molar-refractivity contribution in [3.05, 3.63) is 0 Å². The average molecular weight is 184 g/mol. The molecule has 2 nitrogen and oxygen atoms in total. The van der Waals surface area contributed by atoms with Gasteiger partial charge in [-0.15, -0.1) is 0 Å². The predicted octanol–water partition coefficient (Wildman–Crippen LogP) is 1.67. The summed E-state index contributed by atoms with van der Waals surface area (Å²) < 4.78 is 0. The van der Waals surface area contributed by atoms with E-state index in [2.05, 4.69) is 37.7 Å². The highest BCUT2D eigenvalue weighted by Gasteiger charge is 2.38. The molecule has 0 bridgehead atoms. The standard InChI is InChI=1S/C11H24N2/c1-5-11(9-13(4)10-11)7-8-12(3)6-2/h5-10H2,1-4H3. The number of rotatable bonds is 5. The van der Waals surface area contributed by atoms with Gasteiger partial charge in [-0.05, 0) is 45.4 Å². The molecule has 0 atom stereocenters. The van der Waals surface area contributed by atoms with Crippen LogP contribution in [0.4, 0.5) is 0 Å². The van der Waals surface area contributed by atoms with Gasteiger partial charge in [0.25, 0.3) is 0 Å². The summed E-state index contributed by atoms with van der Waals surface area (Å²) in [5.41, 5.74) is 0.651. The molecule has 0 aromatic heterocycles. The highest BCUT2D eigenvalue weighted by Crippen LogP contribution is 2.36. The zero-order chi connectivity index (χ0) is 9.90. The van der Waals surface area contributed by atoms with E-state index in [1.165, 1.54) is 39.0 Å². The molecule has 0 aromatic carbocycles. The van der Waals surface area contributed by atoms with Crippen LogP contribution in [-0.4, -0.2) is 50.1 Å². The molecule has 1 heterocycles. The van der Waals surface area contributed by atoms with Gasteiger partial charge in [0.1, 0.15) is 0 Å². The van der Waals surface area contributed by atoms with Crippen LogP contribution in [0.2, 0.25) is 0 Å². The molecule has 1 saturated heterocycles. The predicted molar refractivity (Wildman–Crippen MR) is 58.0 cm³/mol. The number of nitrogens with zero attached hydrogens (tertiary/aromatic N) is 2. The highest BCUT2D eigenvalue weighted by molar-refractivity contribution is 4.92. The first-order valence-corrected chi connectivity index (χ1v) is 5.49. The first kappa shape index (κ1) is 11.0. The lowest BCUT2D eigenvalue weighted by molar-refractivity contribution is 0.00494. The largest absolute Gasteiger partial charge is 0.307 e. The summed E-state index contributed by atoms with van der Waals surface area (Å²) in [6.07, 6.45) is 2.72. The van der Waals surface area contributed by atoms with Gasteiger partial charge >= 0.3 is 0 Å². The minimum atomic E-state index is 0.651. The summed E-state index contributed by atoms with van der Waals surface area (Å²) in [7, 11) is 4.43. The van der Waals surface area contributed by atoms with Gasteiger partial charge in [-0.3, -0.25) is 0 Å². The number of hydrogen-bond acceptors (Lipinski definition) is 2. The lowest BCUT2D eigenvalue weighted by Gasteiger charge is -2.49. The van der Waals surface area contributed by atoms with Gasteiger partial charge in [-0.1, -0.05) is 13.8 Å². The third-order valence-corrected chi connectivity index (χ3v) is 3.52. The number of hydrogen-bond donors (Lipinski definition) is 0. The van der Waals surface area contributed by atoms with E-state index < -0.39 is 0 Å². The van der Waals surface area contributed by atoms with Crippen LogP contribution in [0.5, 0.6) is 0 Å². The molecule has 0 saturated carbocycles. The van der Waals surface area contributed by atoms with Crippen molar-refractivity contribution in [3.63, 3.8) is 0 Å². The second-order valence-corrected chi connectivity index (χ2v) is 4.67. The Hall–Kier alpha value is -0.0800. The molecule has 1 rings (SSSR count). The average Bonchev–Trinajstić information content (AvgIpc) is 2.09. The van der Waals surface area contributed by atoms with E-state index in [1.54, 1.807) is 0 Å². The van der Waals surface area contributed by atoms with E-state index in [9.17, 15) is 0 Å². The minimum absolute atomic E-state index is 0.651. The molecule has 0 radical (unpaired) electrons. The summed E-state index contributed by atoms with van der Waals surface area (Å²) in [4.78, 5) is 4.84. The Labute approximate surface area is 82.9 Å². The number of likely N-dealkylation sites (tertiary alicyclic amines) is 1. The Balaban J connectivity index is 2.25. The molecule has 78 valence electrons. The second kappa shape index (κ2) is 4.43. The van der Waals surface area contributed by atoms with E-state index in [-0.39, 0.29) is 0 Å². The van der Waals surface area contributed by atoms with Gasteiger partial charge < -0.3 is 9.80 Å². The van der Waals surface area contributed by atoms with Crippen LogP contribution in [0.25, 0.3) is 0 Å². The summed E-state index contributed by atoms with van der Waals surface area (Å²) >= 11 is 0. The fourth-order valence-corrected chi connectivity index (χ4v) is 2.24. The third-order valence-electron chi connectivity index (χ3n) is 3.52. The van der Waals surface area contributed by atoms with Crippen LogP contribution >= 0.6 is 0 Å². The van der Waals surface area contributed by atoms with Crippen LogP contribution in [0.1, 0.15) is 26.7 Å². The molecule has 13 heavy (non-hydrogen) atoms. The second-order valence-electron chi connectivity index (χ2n) is 4.67. The molecule has 1 aliphatic heterocycles. The Bertz CT molecular complexity index is 150.